The number of carbonyl (C=O) groups is 2. The molecule has 0 aromatic heterocycles. The highest BCUT2D eigenvalue weighted by Crippen LogP contribution is 2.38. The zero-order valence-corrected chi connectivity index (χ0v) is 13.8. The summed E-state index contributed by atoms with van der Waals surface area (Å²) < 4.78 is 0. The molecular formula is C18H21ClN2O2. The molecule has 4 rings (SSSR count). The van der Waals surface area contributed by atoms with Gasteiger partial charge in [0.25, 0.3) is 5.91 Å². The molecule has 3 fully saturated rings. The molecule has 1 aromatic carbocycles. The first kappa shape index (κ1) is 15.2. The zero-order valence-electron chi connectivity index (χ0n) is 13.1. The Morgan fingerprint density at radius 2 is 1.57 bits per heavy atom. The maximum Gasteiger partial charge on any atom is 0.251 e. The number of hydrogen-bond donors (Lipinski definition) is 0. The van der Waals surface area contributed by atoms with E-state index in [0.717, 1.165) is 24.9 Å². The van der Waals surface area contributed by atoms with Crippen LogP contribution in [0.3, 0.4) is 0 Å². The summed E-state index contributed by atoms with van der Waals surface area (Å²) in [6, 6.07) is 6.64. The van der Waals surface area contributed by atoms with Gasteiger partial charge in [0.1, 0.15) is 0 Å². The van der Waals surface area contributed by atoms with Gasteiger partial charge in [0.2, 0.25) is 5.91 Å². The summed E-state index contributed by atoms with van der Waals surface area (Å²) in [4.78, 5) is 28.8. The normalized spacial score (nSPS) is 31.7. The van der Waals surface area contributed by atoms with E-state index in [1.54, 1.807) is 24.3 Å². The second kappa shape index (κ2) is 5.91. The van der Waals surface area contributed by atoms with Crippen LogP contribution in [0.2, 0.25) is 5.02 Å². The summed E-state index contributed by atoms with van der Waals surface area (Å²) >= 11 is 5.90. The van der Waals surface area contributed by atoms with Gasteiger partial charge in [-0.05, 0) is 48.9 Å². The predicted molar refractivity (Wildman–Crippen MR) is 89.4 cm³/mol. The minimum Gasteiger partial charge on any atom is -0.291 e. The number of rotatable bonds is 2. The molecule has 0 radical (unpaired) electrons. The fourth-order valence-corrected chi connectivity index (χ4v) is 4.59. The number of hydrogen-bond acceptors (Lipinski definition) is 3. The van der Waals surface area contributed by atoms with Crippen LogP contribution in [0.1, 0.15) is 32.1 Å². The number of imide groups is 1. The van der Waals surface area contributed by atoms with Crippen LogP contribution in [-0.2, 0) is 9.59 Å². The van der Waals surface area contributed by atoms with Gasteiger partial charge in [-0.15, -0.1) is 0 Å². The highest BCUT2D eigenvalue weighted by atomic mass is 35.5. The summed E-state index contributed by atoms with van der Waals surface area (Å²) in [5.41, 5.74) is 0.628. The van der Waals surface area contributed by atoms with E-state index in [2.05, 4.69) is 4.90 Å². The number of nitrogens with zero attached hydrogens (tertiary/aromatic N) is 2. The van der Waals surface area contributed by atoms with Crippen LogP contribution in [0.5, 0.6) is 0 Å². The van der Waals surface area contributed by atoms with Gasteiger partial charge in [-0.2, -0.15) is 0 Å². The lowest BCUT2D eigenvalue weighted by atomic mass is 9.82. The fraction of sp³-hybridized carbons (Fsp3) is 0.556. The molecule has 122 valence electrons. The number of halogens is 1. The van der Waals surface area contributed by atoms with Crippen LogP contribution in [0.15, 0.2) is 24.3 Å². The average molecular weight is 333 g/mol. The van der Waals surface area contributed by atoms with Gasteiger partial charge < -0.3 is 0 Å². The number of carbonyl (C=O) groups excluding carboxylic acids is 2. The van der Waals surface area contributed by atoms with Crippen molar-refractivity contribution in [2.24, 2.45) is 11.8 Å². The summed E-state index contributed by atoms with van der Waals surface area (Å²) in [6.07, 6.45) is 5.47. The Kier molecular flexibility index (Phi) is 3.90. The third-order valence-electron chi connectivity index (χ3n) is 5.65. The lowest BCUT2D eigenvalue weighted by Crippen LogP contribution is -2.41. The maximum atomic E-state index is 12.8. The van der Waals surface area contributed by atoms with E-state index in [0.29, 0.717) is 17.1 Å². The SMILES string of the molecule is O=C1C[C@H](N2C[C@@H]3CCCC[C@H]3C2)C(=O)N1c1ccc(Cl)cc1. The molecule has 0 unspecified atom stereocenters. The molecule has 2 saturated heterocycles. The van der Waals surface area contributed by atoms with Gasteiger partial charge in [0, 0.05) is 18.1 Å². The monoisotopic (exact) mass is 332 g/mol. The van der Waals surface area contributed by atoms with E-state index in [1.807, 2.05) is 0 Å². The fourth-order valence-electron chi connectivity index (χ4n) is 4.46. The Morgan fingerprint density at radius 1 is 0.957 bits per heavy atom. The van der Waals surface area contributed by atoms with Gasteiger partial charge in [0.05, 0.1) is 18.2 Å². The third-order valence-corrected chi connectivity index (χ3v) is 5.90. The number of fused-ring (bicyclic) bond motifs is 1. The Balaban J connectivity index is 1.52. The summed E-state index contributed by atoms with van der Waals surface area (Å²) in [5.74, 6) is 1.26. The van der Waals surface area contributed by atoms with Crippen molar-refractivity contribution in [3.63, 3.8) is 0 Å². The van der Waals surface area contributed by atoms with Crippen LogP contribution in [0, 0.1) is 11.8 Å². The van der Waals surface area contributed by atoms with E-state index >= 15 is 0 Å². The van der Waals surface area contributed by atoms with E-state index in [-0.39, 0.29) is 17.9 Å². The van der Waals surface area contributed by atoms with Gasteiger partial charge >= 0.3 is 0 Å². The van der Waals surface area contributed by atoms with Crippen LogP contribution >= 0.6 is 11.6 Å². The second-order valence-electron chi connectivity index (χ2n) is 7.02. The Morgan fingerprint density at radius 3 is 2.17 bits per heavy atom. The number of amides is 2. The van der Waals surface area contributed by atoms with Crippen molar-refractivity contribution < 1.29 is 9.59 Å². The largest absolute Gasteiger partial charge is 0.291 e. The lowest BCUT2D eigenvalue weighted by Gasteiger charge is -2.23. The van der Waals surface area contributed by atoms with Crippen LogP contribution in [0.4, 0.5) is 5.69 Å². The van der Waals surface area contributed by atoms with E-state index in [1.165, 1.54) is 30.6 Å². The highest BCUT2D eigenvalue weighted by molar-refractivity contribution is 6.30. The van der Waals surface area contributed by atoms with Crippen molar-refractivity contribution in [3.8, 4) is 0 Å². The Hall–Kier alpha value is -1.39. The molecule has 2 aliphatic heterocycles. The summed E-state index contributed by atoms with van der Waals surface area (Å²) in [7, 11) is 0. The molecule has 1 aromatic rings. The number of likely N-dealkylation sites (tertiary alicyclic amines) is 1. The summed E-state index contributed by atoms with van der Waals surface area (Å²) in [6.45, 7) is 1.95. The van der Waals surface area contributed by atoms with Crippen LogP contribution in [0.25, 0.3) is 0 Å². The zero-order chi connectivity index (χ0) is 16.0. The van der Waals surface area contributed by atoms with Gasteiger partial charge in [-0.25, -0.2) is 4.90 Å². The molecule has 3 atom stereocenters. The minimum atomic E-state index is -0.274. The first-order valence-corrected chi connectivity index (χ1v) is 8.87. The minimum absolute atomic E-state index is 0.0732. The molecule has 1 aliphatic carbocycles. The van der Waals surface area contributed by atoms with E-state index in [9.17, 15) is 9.59 Å². The molecular weight excluding hydrogens is 312 g/mol. The standard InChI is InChI=1S/C18H21ClN2O2/c19-14-5-7-15(8-6-14)21-17(22)9-16(18(21)23)20-10-12-3-1-2-4-13(12)11-20/h5-8,12-13,16H,1-4,9-11H2/t12-,13-,16-/m0/s1. The van der Waals surface area contributed by atoms with Crippen molar-refractivity contribution in [3.05, 3.63) is 29.3 Å². The van der Waals surface area contributed by atoms with Gasteiger partial charge in [0.15, 0.2) is 0 Å². The van der Waals surface area contributed by atoms with Crippen LogP contribution < -0.4 is 4.90 Å². The molecule has 0 N–H and O–H groups in total. The lowest BCUT2D eigenvalue weighted by molar-refractivity contribution is -0.122. The second-order valence-corrected chi connectivity index (χ2v) is 7.46. The van der Waals surface area contributed by atoms with Gasteiger partial charge in [-0.1, -0.05) is 24.4 Å². The Bertz CT molecular complexity index is 616. The smallest absolute Gasteiger partial charge is 0.251 e. The van der Waals surface area contributed by atoms with Crippen molar-refractivity contribution in [2.45, 2.75) is 38.1 Å². The van der Waals surface area contributed by atoms with Crippen molar-refractivity contribution >= 4 is 29.1 Å². The Labute approximate surface area is 141 Å². The number of benzene rings is 1. The molecule has 2 heterocycles. The van der Waals surface area contributed by atoms with Crippen LogP contribution in [-0.4, -0.2) is 35.8 Å². The number of anilines is 1. The van der Waals surface area contributed by atoms with Crippen molar-refractivity contribution in [1.82, 2.24) is 4.90 Å². The predicted octanol–water partition coefficient (Wildman–Crippen LogP) is 3.09. The topological polar surface area (TPSA) is 40.6 Å². The molecule has 23 heavy (non-hydrogen) atoms. The van der Waals surface area contributed by atoms with E-state index < -0.39 is 0 Å². The quantitative estimate of drug-likeness (QED) is 0.781. The molecule has 1 saturated carbocycles. The molecule has 3 aliphatic rings. The van der Waals surface area contributed by atoms with Crippen molar-refractivity contribution in [1.29, 1.82) is 0 Å². The highest BCUT2D eigenvalue weighted by Gasteiger charge is 2.46. The maximum absolute atomic E-state index is 12.8. The average Bonchev–Trinajstić information content (AvgIpc) is 3.09. The van der Waals surface area contributed by atoms with Gasteiger partial charge in [-0.3, -0.25) is 14.5 Å². The summed E-state index contributed by atoms with van der Waals surface area (Å²) in [5, 5.41) is 0.605. The molecule has 5 heteroatoms. The molecule has 0 bridgehead atoms. The molecule has 0 spiro atoms. The molecule has 4 nitrogen and oxygen atoms in total. The van der Waals surface area contributed by atoms with E-state index in [4.69, 9.17) is 11.6 Å². The first-order chi connectivity index (χ1) is 11.1. The van der Waals surface area contributed by atoms with Crippen molar-refractivity contribution in [2.75, 3.05) is 18.0 Å². The first-order valence-electron chi connectivity index (χ1n) is 8.50. The third kappa shape index (κ3) is 2.68. The molecule has 2 amide bonds.